The number of nitrogens with zero attached hydrogens (tertiary/aromatic N) is 10. The van der Waals surface area contributed by atoms with Crippen LogP contribution < -0.4 is 11.5 Å². The number of hydrogen-bond acceptors (Lipinski definition) is 24. The van der Waals surface area contributed by atoms with Crippen molar-refractivity contribution in [1.82, 2.24) is 39.0 Å². The van der Waals surface area contributed by atoms with Crippen molar-refractivity contribution >= 4 is 81.7 Å². The lowest BCUT2D eigenvalue weighted by molar-refractivity contribution is -0.901. The number of nitrogen functional groups attached to an aromatic ring is 2. The fraction of sp³-hybridized carbons (Fsp3) is 0.500. The first kappa shape index (κ1) is 42.3. The second kappa shape index (κ2) is 16.9. The van der Waals surface area contributed by atoms with Gasteiger partial charge in [0.05, 0.1) is 0 Å². The number of ether oxygens (including phenoxy) is 8. The quantitative estimate of drug-likeness (QED) is 0.0580. The number of esters is 6. The summed E-state index contributed by atoms with van der Waals surface area (Å²) in [7, 11) is 0. The number of nitrogens with two attached hydrogens (primary N) is 2. The molecule has 0 aliphatic carbocycles. The van der Waals surface area contributed by atoms with E-state index in [0.717, 1.165) is 63.3 Å². The van der Waals surface area contributed by atoms with E-state index >= 15 is 0 Å². The van der Waals surface area contributed by atoms with Gasteiger partial charge < -0.3 is 59.8 Å². The Balaban J connectivity index is 1.41. The topological polar surface area (TPSA) is 368 Å². The highest BCUT2D eigenvalue weighted by atomic mass is 16.7. The van der Waals surface area contributed by atoms with Gasteiger partial charge in [-0.1, -0.05) is 0 Å². The van der Waals surface area contributed by atoms with Gasteiger partial charge in [-0.05, 0) is 19.9 Å². The molecule has 0 amide bonds. The zero-order valence-electron chi connectivity index (χ0n) is 32.3. The summed E-state index contributed by atoms with van der Waals surface area (Å²) in [4.78, 5) is 95.4. The summed E-state index contributed by atoms with van der Waals surface area (Å²) in [5.74, 6) is -7.16. The molecule has 6 rings (SSSR count). The minimum absolute atomic E-state index is 0.106. The normalized spacial score (nSPS) is 24.1. The summed E-state index contributed by atoms with van der Waals surface area (Å²) in [6, 6.07) is 0. The summed E-state index contributed by atoms with van der Waals surface area (Å²) in [5, 5.41) is 27.4. The van der Waals surface area contributed by atoms with Crippen LogP contribution in [0.15, 0.2) is 12.7 Å². The van der Waals surface area contributed by atoms with Crippen LogP contribution in [0.5, 0.6) is 0 Å². The molecule has 0 saturated carbocycles. The third-order valence-electron chi connectivity index (χ3n) is 8.61. The predicted molar refractivity (Wildman–Crippen MR) is 189 cm³/mol. The van der Waals surface area contributed by atoms with Crippen molar-refractivity contribution in [2.75, 3.05) is 24.7 Å². The van der Waals surface area contributed by atoms with E-state index in [1.54, 1.807) is 0 Å². The Morgan fingerprint density at radius 1 is 0.583 bits per heavy atom. The molecule has 320 valence electrons. The van der Waals surface area contributed by atoms with Crippen LogP contribution in [0.4, 0.5) is 23.5 Å². The molecule has 0 radical (unpaired) electrons. The molecule has 0 bridgehead atoms. The third-order valence-corrected chi connectivity index (χ3v) is 8.61. The van der Waals surface area contributed by atoms with Gasteiger partial charge in [0.1, 0.15) is 38.1 Å². The lowest BCUT2D eigenvalue weighted by Crippen LogP contribution is -2.40. The Morgan fingerprint density at radius 3 is 1.23 bits per heavy atom. The molecule has 2 saturated heterocycles. The number of fused-ring (bicyclic) bond motifs is 2. The molecule has 2 aliphatic rings. The first-order valence-corrected chi connectivity index (χ1v) is 17.6. The molecule has 8 atom stereocenters. The summed E-state index contributed by atoms with van der Waals surface area (Å²) in [6.07, 6.45) is -8.23. The van der Waals surface area contributed by atoms with E-state index in [4.69, 9.17) is 49.4 Å². The van der Waals surface area contributed by atoms with Crippen LogP contribution in [-0.2, 0) is 66.7 Å². The fourth-order valence-corrected chi connectivity index (χ4v) is 6.39. The van der Waals surface area contributed by atoms with Crippen molar-refractivity contribution in [1.29, 1.82) is 0 Å². The zero-order chi connectivity index (χ0) is 43.7. The number of aromatic nitrogens is 8. The fourth-order valence-electron chi connectivity index (χ4n) is 6.39. The number of azo groups is 1. The van der Waals surface area contributed by atoms with E-state index in [-0.39, 0.29) is 22.3 Å². The Bertz CT molecular complexity index is 2250. The Morgan fingerprint density at radius 2 is 0.917 bits per heavy atom. The van der Waals surface area contributed by atoms with E-state index < -0.39 is 131 Å². The first-order chi connectivity index (χ1) is 28.3. The van der Waals surface area contributed by atoms with Crippen LogP contribution in [0.2, 0.25) is 0 Å². The Kier molecular flexibility index (Phi) is 11.9. The van der Waals surface area contributed by atoms with Gasteiger partial charge in [0.2, 0.25) is 22.9 Å². The van der Waals surface area contributed by atoms with E-state index in [0.29, 0.717) is 0 Å². The molecule has 28 heteroatoms. The maximum absolute atomic E-state index is 13.7. The summed E-state index contributed by atoms with van der Waals surface area (Å²) >= 11 is 0. The molecular formula is C32H36N12O16. The van der Waals surface area contributed by atoms with Crippen LogP contribution in [0, 0.1) is 10.4 Å². The zero-order valence-corrected chi connectivity index (χ0v) is 32.3. The molecular weight excluding hydrogens is 808 g/mol. The van der Waals surface area contributed by atoms with Gasteiger partial charge >= 0.3 is 47.7 Å². The molecule has 4 aromatic rings. The monoisotopic (exact) mass is 844 g/mol. The van der Waals surface area contributed by atoms with Gasteiger partial charge in [-0.15, -0.1) is 9.72 Å². The molecule has 0 unspecified atom stereocenters. The van der Waals surface area contributed by atoms with Gasteiger partial charge in [0.15, 0.2) is 47.9 Å². The summed E-state index contributed by atoms with van der Waals surface area (Å²) in [6.45, 7) is 5.79. The highest BCUT2D eigenvalue weighted by Gasteiger charge is 2.53. The van der Waals surface area contributed by atoms with Crippen LogP contribution in [0.1, 0.15) is 54.0 Å². The molecule has 60 heavy (non-hydrogen) atoms. The van der Waals surface area contributed by atoms with Crippen molar-refractivity contribution in [2.24, 2.45) is 0 Å². The number of imidazole rings is 2. The van der Waals surface area contributed by atoms with Crippen LogP contribution in [0.25, 0.3) is 22.3 Å². The largest absolute Gasteiger partial charge is 0.712 e. The number of hydrogen-bond donors (Lipinski definition) is 2. The van der Waals surface area contributed by atoms with Crippen molar-refractivity contribution in [3.63, 3.8) is 0 Å². The Labute approximate surface area is 335 Å². The van der Waals surface area contributed by atoms with Crippen molar-refractivity contribution in [2.45, 2.75) is 90.6 Å². The number of rotatable bonds is 12. The summed E-state index contributed by atoms with van der Waals surface area (Å²) in [5.41, 5.74) is 11.6. The smallest absolute Gasteiger partial charge is 0.468 e. The van der Waals surface area contributed by atoms with Crippen LogP contribution in [-0.4, -0.2) is 134 Å². The minimum Gasteiger partial charge on any atom is -0.712 e. The van der Waals surface area contributed by atoms with Crippen molar-refractivity contribution in [3.8, 4) is 0 Å². The molecule has 2 aliphatic heterocycles. The predicted octanol–water partition coefficient (Wildman–Crippen LogP) is -0.786. The second-order valence-electron chi connectivity index (χ2n) is 13.0. The maximum atomic E-state index is 13.7. The van der Waals surface area contributed by atoms with Crippen LogP contribution in [0.3, 0.4) is 0 Å². The molecule has 6 heterocycles. The van der Waals surface area contributed by atoms with Crippen molar-refractivity contribution < 1.29 is 76.4 Å². The van der Waals surface area contributed by atoms with Gasteiger partial charge in [-0.3, -0.25) is 37.9 Å². The van der Waals surface area contributed by atoms with Crippen molar-refractivity contribution in [3.05, 3.63) is 23.1 Å². The van der Waals surface area contributed by atoms with E-state index in [9.17, 15) is 39.2 Å². The highest BCUT2D eigenvalue weighted by molar-refractivity contribution is 5.83. The third kappa shape index (κ3) is 8.57. The standard InChI is InChI=1S/C32H36N12O16/c1-11(45)53-7-17-21(55-13(3)47)23(57-15(5)49)29(59-17)41-9-35-19-25(33)37-31(39-27(19)41)43(51)44(52)32-38-26(34)20-28(40-32)42(10-36-20)30-24(58-16(6)50)22(56-14(4)48)18(60-30)8-54-12(2)46/h9-10,17-18,21-24,29-30H,7-8H2,1-6H3,(H2,33,37,39)(H2,34,38,40)/b44-43-/t17-,18-,21-,22-,23-,24-,29-,30-/m1/s1. The lowest BCUT2D eigenvalue weighted by atomic mass is 10.1. The van der Waals surface area contributed by atoms with Gasteiger partial charge in [-0.25, -0.2) is 9.97 Å². The average molecular weight is 845 g/mol. The average Bonchev–Trinajstić information content (AvgIpc) is 3.93. The molecule has 28 nitrogen and oxygen atoms in total. The highest BCUT2D eigenvalue weighted by Crippen LogP contribution is 2.38. The summed E-state index contributed by atoms with van der Waals surface area (Å²) < 4.78 is 46.2. The van der Waals surface area contributed by atoms with E-state index in [1.807, 2.05) is 0 Å². The minimum atomic E-state index is -1.39. The van der Waals surface area contributed by atoms with Gasteiger partial charge in [-0.2, -0.15) is 0 Å². The van der Waals surface area contributed by atoms with E-state index in [2.05, 4.69) is 29.9 Å². The molecule has 4 N–H and O–H groups in total. The van der Waals surface area contributed by atoms with E-state index in [1.165, 1.54) is 0 Å². The second-order valence-corrected chi connectivity index (χ2v) is 13.0. The molecule has 0 aromatic carbocycles. The molecule has 0 spiro atoms. The lowest BCUT2D eigenvalue weighted by Gasteiger charge is -2.23. The van der Waals surface area contributed by atoms with Gasteiger partial charge in [0.25, 0.3) is 0 Å². The molecule has 2 fully saturated rings. The first-order valence-electron chi connectivity index (χ1n) is 17.6. The number of carbonyl (C=O) groups is 6. The van der Waals surface area contributed by atoms with Gasteiger partial charge in [0, 0.05) is 41.5 Å². The number of carbonyl (C=O) groups excluding carboxylic acids is 6. The maximum Gasteiger partial charge on any atom is 0.468 e. The van der Waals surface area contributed by atoms with Crippen LogP contribution >= 0.6 is 0 Å². The molecule has 4 aromatic heterocycles. The Hall–Kier alpha value is -7.36. The number of anilines is 2. The SMILES string of the molecule is CC(=O)OC[C@H]1O[C@@H](n2cnc3c(N)nc(/[N+]([O-])=[N+](/[O-])c4nc(N)c5ncn([C@@H]6O[C@H](COC(C)=O)[C@@H](OC(C)=O)[C@H]6OC(C)=O)c5n4)nc32)[C@H](OC(C)=O)[C@@H]1OC(C)=O.